The van der Waals surface area contributed by atoms with Crippen LogP contribution in [0.5, 0.6) is 0 Å². The molecule has 2 unspecified atom stereocenters. The first-order chi connectivity index (χ1) is 8.29. The summed E-state index contributed by atoms with van der Waals surface area (Å²) in [5.74, 6) is -1.71. The lowest BCUT2D eigenvalue weighted by atomic mass is 10.3. The number of hydrogen-bond donors (Lipinski definition) is 6. The number of amides is 2. The second-order valence-electron chi connectivity index (χ2n) is 3.19. The van der Waals surface area contributed by atoms with Crippen LogP contribution < -0.4 is 16.8 Å². The Balaban J connectivity index is 0. The molecule has 0 aromatic rings. The van der Waals surface area contributed by atoms with Gasteiger partial charge in [-0.25, -0.2) is 4.79 Å². The van der Waals surface area contributed by atoms with Crippen LogP contribution in [0.4, 0.5) is 0 Å². The molecule has 18 heavy (non-hydrogen) atoms. The molecule has 7 nitrogen and oxygen atoms in total. The van der Waals surface area contributed by atoms with Crippen LogP contribution in [-0.2, 0) is 14.4 Å². The SMILES string of the molecule is CCC(N)=O.NC(CS)C(=O)NC(CS)C(=O)O. The zero-order valence-corrected chi connectivity index (χ0v) is 11.8. The minimum atomic E-state index is -1.13. The van der Waals surface area contributed by atoms with Crippen molar-refractivity contribution in [1.82, 2.24) is 5.32 Å². The Morgan fingerprint density at radius 2 is 1.72 bits per heavy atom. The van der Waals surface area contributed by atoms with Crippen LogP contribution in [0.2, 0.25) is 0 Å². The highest BCUT2D eigenvalue weighted by molar-refractivity contribution is 7.80. The fourth-order valence-electron chi connectivity index (χ4n) is 0.547. The summed E-state index contributed by atoms with van der Waals surface area (Å²) < 4.78 is 0. The number of carboxylic acids is 1. The first-order valence-electron chi connectivity index (χ1n) is 5.08. The minimum Gasteiger partial charge on any atom is -0.480 e. The smallest absolute Gasteiger partial charge is 0.327 e. The van der Waals surface area contributed by atoms with Gasteiger partial charge in [-0.15, -0.1) is 0 Å². The van der Waals surface area contributed by atoms with Gasteiger partial charge >= 0.3 is 5.97 Å². The van der Waals surface area contributed by atoms with Crippen molar-refractivity contribution in [3.8, 4) is 0 Å². The number of carbonyl (C=O) groups excluding carboxylic acids is 2. The van der Waals surface area contributed by atoms with E-state index in [9.17, 15) is 14.4 Å². The van der Waals surface area contributed by atoms with Crippen LogP contribution in [0.15, 0.2) is 0 Å². The highest BCUT2D eigenvalue weighted by Crippen LogP contribution is 1.91. The third-order valence-electron chi connectivity index (χ3n) is 1.68. The van der Waals surface area contributed by atoms with Gasteiger partial charge in [-0.1, -0.05) is 6.92 Å². The number of nitrogens with two attached hydrogens (primary N) is 2. The number of thiol groups is 2. The molecule has 0 fully saturated rings. The van der Waals surface area contributed by atoms with E-state index in [4.69, 9.17) is 10.8 Å². The summed E-state index contributed by atoms with van der Waals surface area (Å²) in [6.07, 6.45) is 0.444. The molecule has 0 saturated carbocycles. The van der Waals surface area contributed by atoms with Gasteiger partial charge < -0.3 is 21.9 Å². The summed E-state index contributed by atoms with van der Waals surface area (Å²) in [5.41, 5.74) is 9.97. The quantitative estimate of drug-likeness (QED) is 0.336. The molecule has 6 N–H and O–H groups in total. The van der Waals surface area contributed by atoms with E-state index < -0.39 is 24.0 Å². The molecule has 0 saturated heterocycles. The number of primary amides is 1. The molecule has 0 aliphatic rings. The van der Waals surface area contributed by atoms with E-state index in [1.54, 1.807) is 6.92 Å². The maximum absolute atomic E-state index is 11.1. The summed E-state index contributed by atoms with van der Waals surface area (Å²) in [5, 5.41) is 10.8. The molecule has 0 radical (unpaired) electrons. The molecule has 9 heteroatoms. The van der Waals surface area contributed by atoms with E-state index in [-0.39, 0.29) is 17.4 Å². The van der Waals surface area contributed by atoms with Gasteiger partial charge in [0.05, 0.1) is 6.04 Å². The maximum Gasteiger partial charge on any atom is 0.327 e. The van der Waals surface area contributed by atoms with Gasteiger partial charge in [0, 0.05) is 17.9 Å². The number of carbonyl (C=O) groups is 3. The van der Waals surface area contributed by atoms with Crippen molar-refractivity contribution in [2.75, 3.05) is 11.5 Å². The average Bonchev–Trinajstić information content (AvgIpc) is 2.34. The van der Waals surface area contributed by atoms with E-state index in [1.807, 2.05) is 0 Å². The summed E-state index contributed by atoms with van der Waals surface area (Å²) in [6.45, 7) is 1.72. The number of carboxylic acid groups (broad SMARTS) is 1. The van der Waals surface area contributed by atoms with E-state index >= 15 is 0 Å². The summed E-state index contributed by atoms with van der Waals surface area (Å²) in [6, 6.07) is -1.79. The van der Waals surface area contributed by atoms with Gasteiger partial charge in [0.25, 0.3) is 0 Å². The number of aliphatic carboxylic acids is 1. The van der Waals surface area contributed by atoms with Gasteiger partial charge in [0.1, 0.15) is 6.04 Å². The van der Waals surface area contributed by atoms with E-state index in [2.05, 4.69) is 36.3 Å². The first-order valence-corrected chi connectivity index (χ1v) is 6.35. The normalized spacial score (nSPS) is 12.7. The van der Waals surface area contributed by atoms with Gasteiger partial charge in [-0.05, 0) is 0 Å². The van der Waals surface area contributed by atoms with Crippen molar-refractivity contribution < 1.29 is 19.5 Å². The predicted octanol–water partition coefficient (Wildman–Crippen LogP) is -1.38. The van der Waals surface area contributed by atoms with Gasteiger partial charge in [0.2, 0.25) is 11.8 Å². The van der Waals surface area contributed by atoms with Crippen LogP contribution in [0.1, 0.15) is 13.3 Å². The maximum atomic E-state index is 11.1. The van der Waals surface area contributed by atoms with Gasteiger partial charge in [-0.2, -0.15) is 25.3 Å². The second kappa shape index (κ2) is 11.2. The number of rotatable bonds is 6. The van der Waals surface area contributed by atoms with Crippen LogP contribution in [0.25, 0.3) is 0 Å². The van der Waals surface area contributed by atoms with Gasteiger partial charge in [0.15, 0.2) is 0 Å². The van der Waals surface area contributed by atoms with Crippen molar-refractivity contribution in [3.05, 3.63) is 0 Å². The van der Waals surface area contributed by atoms with Crippen molar-refractivity contribution in [1.29, 1.82) is 0 Å². The van der Waals surface area contributed by atoms with Crippen LogP contribution in [-0.4, -0.2) is 46.5 Å². The largest absolute Gasteiger partial charge is 0.480 e. The number of hydrogen-bond acceptors (Lipinski definition) is 6. The predicted molar refractivity (Wildman–Crippen MR) is 74.7 cm³/mol. The fraction of sp³-hybridized carbons (Fsp3) is 0.667. The Hall–Kier alpha value is -0.930. The molecule has 0 aliphatic carbocycles. The van der Waals surface area contributed by atoms with Gasteiger partial charge in [-0.3, -0.25) is 9.59 Å². The molecule has 0 bridgehead atoms. The zero-order chi connectivity index (χ0) is 14.7. The molecule has 106 valence electrons. The van der Waals surface area contributed by atoms with E-state index in [0.717, 1.165) is 0 Å². The minimum absolute atomic E-state index is 0.0281. The summed E-state index contributed by atoms with van der Waals surface area (Å²) in [7, 11) is 0. The highest BCUT2D eigenvalue weighted by Gasteiger charge is 2.20. The molecule has 2 atom stereocenters. The molecule has 0 aromatic heterocycles. The Bertz CT molecular complexity index is 289. The average molecular weight is 297 g/mol. The Labute approximate surface area is 116 Å². The summed E-state index contributed by atoms with van der Waals surface area (Å²) >= 11 is 7.58. The fourth-order valence-corrected chi connectivity index (χ4v) is 0.960. The van der Waals surface area contributed by atoms with Crippen molar-refractivity contribution >= 4 is 43.0 Å². The summed E-state index contributed by atoms with van der Waals surface area (Å²) in [4.78, 5) is 31.1. The van der Waals surface area contributed by atoms with Crippen molar-refractivity contribution in [3.63, 3.8) is 0 Å². The molecule has 0 aliphatic heterocycles. The molecule has 0 spiro atoms. The first kappa shape index (κ1) is 19.4. The zero-order valence-electron chi connectivity index (χ0n) is 10.00. The van der Waals surface area contributed by atoms with Crippen LogP contribution in [0.3, 0.4) is 0 Å². The molecule has 0 heterocycles. The lowest BCUT2D eigenvalue weighted by Crippen LogP contribution is -2.49. The molecule has 2 amide bonds. The Kier molecular flexibility index (Phi) is 12.1. The Morgan fingerprint density at radius 1 is 1.28 bits per heavy atom. The van der Waals surface area contributed by atoms with Crippen molar-refractivity contribution in [2.45, 2.75) is 25.4 Å². The van der Waals surface area contributed by atoms with Crippen LogP contribution in [0, 0.1) is 0 Å². The number of nitrogens with one attached hydrogen (secondary N) is 1. The third kappa shape index (κ3) is 10.2. The Morgan fingerprint density at radius 3 is 1.94 bits per heavy atom. The third-order valence-corrected chi connectivity index (χ3v) is 2.44. The van der Waals surface area contributed by atoms with E-state index in [0.29, 0.717) is 6.42 Å². The van der Waals surface area contributed by atoms with Crippen LogP contribution >= 0.6 is 25.3 Å². The molecule has 0 aromatic carbocycles. The second-order valence-corrected chi connectivity index (χ2v) is 3.92. The highest BCUT2D eigenvalue weighted by atomic mass is 32.1. The van der Waals surface area contributed by atoms with E-state index in [1.165, 1.54) is 0 Å². The molecular weight excluding hydrogens is 278 g/mol. The van der Waals surface area contributed by atoms with Crippen molar-refractivity contribution in [2.24, 2.45) is 11.5 Å². The topological polar surface area (TPSA) is 136 Å². The standard InChI is InChI=1S/C6H12N2O3S2.C3H7NO/c7-3(1-12)5(9)8-4(2-13)6(10)11;1-2-3(4)5/h3-4,12-13H,1-2,7H2,(H,8,9)(H,10,11);2H2,1H3,(H2,4,5). The lowest BCUT2D eigenvalue weighted by Gasteiger charge is -2.14. The molecule has 0 rings (SSSR count). The lowest BCUT2D eigenvalue weighted by molar-refractivity contribution is -0.141. The molecular formula is C9H19N3O4S2. The monoisotopic (exact) mass is 297 g/mol.